The van der Waals surface area contributed by atoms with Crippen molar-refractivity contribution in [3.63, 3.8) is 0 Å². The maximum atomic E-state index is 13.0. The molecule has 2 rings (SSSR count). The van der Waals surface area contributed by atoms with E-state index in [2.05, 4.69) is 5.32 Å². The molecule has 0 spiro atoms. The van der Waals surface area contributed by atoms with Gasteiger partial charge in [0.05, 0.1) is 15.7 Å². The summed E-state index contributed by atoms with van der Waals surface area (Å²) in [7, 11) is 0. The first kappa shape index (κ1) is 12.2. The Kier molecular flexibility index (Phi) is 3.87. The van der Waals surface area contributed by atoms with E-state index in [9.17, 15) is 4.39 Å². The minimum atomic E-state index is -0.409. The zero-order chi connectivity index (χ0) is 12.3. The summed E-state index contributed by atoms with van der Waals surface area (Å²) in [5, 5.41) is 3.94. The maximum absolute atomic E-state index is 13.0. The highest BCUT2D eigenvalue weighted by atomic mass is 35.5. The van der Waals surface area contributed by atoms with Crippen LogP contribution in [0.5, 0.6) is 0 Å². The molecule has 0 aliphatic carbocycles. The van der Waals surface area contributed by atoms with Crippen LogP contribution in [0.25, 0.3) is 0 Å². The van der Waals surface area contributed by atoms with Gasteiger partial charge in [0.1, 0.15) is 5.82 Å². The Balaban J connectivity index is 2.08. The smallest absolute Gasteiger partial charge is 0.141 e. The molecule has 4 heteroatoms. The van der Waals surface area contributed by atoms with Gasteiger partial charge in [-0.1, -0.05) is 41.4 Å². The molecule has 0 fully saturated rings. The molecule has 0 heterocycles. The Morgan fingerprint density at radius 2 is 1.76 bits per heavy atom. The van der Waals surface area contributed by atoms with Crippen molar-refractivity contribution in [1.29, 1.82) is 0 Å². The van der Waals surface area contributed by atoms with E-state index in [-0.39, 0.29) is 5.02 Å². The lowest BCUT2D eigenvalue weighted by atomic mass is 10.2. The number of nitrogens with one attached hydrogen (secondary N) is 1. The van der Waals surface area contributed by atoms with E-state index in [4.69, 9.17) is 23.2 Å². The summed E-state index contributed by atoms with van der Waals surface area (Å²) in [6.45, 7) is 0.545. The van der Waals surface area contributed by atoms with Gasteiger partial charge < -0.3 is 5.32 Å². The number of hydrogen-bond acceptors (Lipinski definition) is 1. The minimum Gasteiger partial charge on any atom is -0.380 e. The lowest BCUT2D eigenvalue weighted by Crippen LogP contribution is -2.00. The molecule has 2 aromatic carbocycles. The number of rotatable bonds is 3. The van der Waals surface area contributed by atoms with Crippen molar-refractivity contribution in [2.45, 2.75) is 6.54 Å². The Hall–Kier alpha value is -1.25. The van der Waals surface area contributed by atoms with Crippen LogP contribution in [0.4, 0.5) is 10.1 Å². The van der Waals surface area contributed by atoms with Crippen LogP contribution in [0, 0.1) is 5.82 Å². The Labute approximate surface area is 109 Å². The molecule has 0 aliphatic heterocycles. The maximum Gasteiger partial charge on any atom is 0.141 e. The Morgan fingerprint density at radius 3 is 2.47 bits per heavy atom. The summed E-state index contributed by atoms with van der Waals surface area (Å²) >= 11 is 11.7. The first-order chi connectivity index (χ1) is 8.16. The molecule has 17 heavy (non-hydrogen) atoms. The van der Waals surface area contributed by atoms with Gasteiger partial charge in [-0.15, -0.1) is 0 Å². The largest absolute Gasteiger partial charge is 0.380 e. The van der Waals surface area contributed by atoms with Crippen molar-refractivity contribution in [1.82, 2.24) is 0 Å². The first-order valence-corrected chi connectivity index (χ1v) is 5.85. The van der Waals surface area contributed by atoms with Gasteiger partial charge in [-0.25, -0.2) is 4.39 Å². The minimum absolute atomic E-state index is 0.128. The standard InChI is InChI=1S/C13H10Cl2FN/c14-10-3-1-2-4-13(10)17-8-9-5-6-12(16)11(15)7-9/h1-7,17H,8H2. The van der Waals surface area contributed by atoms with Crippen molar-refractivity contribution in [3.05, 3.63) is 63.9 Å². The van der Waals surface area contributed by atoms with E-state index in [1.807, 2.05) is 24.3 Å². The summed E-state index contributed by atoms with van der Waals surface area (Å²) in [6, 6.07) is 12.1. The van der Waals surface area contributed by atoms with Crippen LogP contribution in [-0.4, -0.2) is 0 Å². The summed E-state index contributed by atoms with van der Waals surface area (Å²) < 4.78 is 13.0. The fraction of sp³-hybridized carbons (Fsp3) is 0.0769. The van der Waals surface area contributed by atoms with Crippen LogP contribution in [0.1, 0.15) is 5.56 Å². The van der Waals surface area contributed by atoms with Gasteiger partial charge in [0, 0.05) is 6.54 Å². The van der Waals surface area contributed by atoms with Crippen LogP contribution in [-0.2, 0) is 6.54 Å². The number of halogens is 3. The predicted octanol–water partition coefficient (Wildman–Crippen LogP) is 4.74. The Bertz CT molecular complexity index is 529. The number of para-hydroxylation sites is 1. The van der Waals surface area contributed by atoms with Gasteiger partial charge in [0.2, 0.25) is 0 Å². The molecule has 0 radical (unpaired) electrons. The van der Waals surface area contributed by atoms with E-state index in [0.717, 1.165) is 11.3 Å². The van der Waals surface area contributed by atoms with Gasteiger partial charge in [-0.3, -0.25) is 0 Å². The van der Waals surface area contributed by atoms with E-state index in [1.54, 1.807) is 12.1 Å². The average Bonchev–Trinajstić information content (AvgIpc) is 2.32. The highest BCUT2D eigenvalue weighted by Gasteiger charge is 2.02. The molecule has 2 aromatic rings. The molecule has 0 saturated heterocycles. The molecular formula is C13H10Cl2FN. The molecule has 0 unspecified atom stereocenters. The van der Waals surface area contributed by atoms with Crippen LogP contribution < -0.4 is 5.32 Å². The molecule has 0 amide bonds. The molecule has 0 aliphatic rings. The van der Waals surface area contributed by atoms with E-state index < -0.39 is 5.82 Å². The van der Waals surface area contributed by atoms with E-state index >= 15 is 0 Å². The van der Waals surface area contributed by atoms with Crippen molar-refractivity contribution >= 4 is 28.9 Å². The number of anilines is 1. The van der Waals surface area contributed by atoms with Gasteiger partial charge in [0.25, 0.3) is 0 Å². The fourth-order valence-corrected chi connectivity index (χ4v) is 1.86. The second kappa shape index (κ2) is 5.39. The van der Waals surface area contributed by atoms with Crippen LogP contribution in [0.15, 0.2) is 42.5 Å². The van der Waals surface area contributed by atoms with Gasteiger partial charge in [-0.05, 0) is 29.8 Å². The van der Waals surface area contributed by atoms with Crippen LogP contribution in [0.2, 0.25) is 10.0 Å². The van der Waals surface area contributed by atoms with Gasteiger partial charge in [-0.2, -0.15) is 0 Å². The molecule has 0 bridgehead atoms. The highest BCUT2D eigenvalue weighted by molar-refractivity contribution is 6.33. The van der Waals surface area contributed by atoms with Gasteiger partial charge >= 0.3 is 0 Å². The lowest BCUT2D eigenvalue weighted by Gasteiger charge is -2.08. The summed E-state index contributed by atoms with van der Waals surface area (Å²) in [6.07, 6.45) is 0. The third kappa shape index (κ3) is 3.11. The van der Waals surface area contributed by atoms with Crippen molar-refractivity contribution in [2.24, 2.45) is 0 Å². The number of hydrogen-bond donors (Lipinski definition) is 1. The average molecular weight is 270 g/mol. The van der Waals surface area contributed by atoms with Crippen LogP contribution >= 0.6 is 23.2 Å². The fourth-order valence-electron chi connectivity index (χ4n) is 1.45. The summed E-state index contributed by atoms with van der Waals surface area (Å²) in [5.74, 6) is -0.409. The summed E-state index contributed by atoms with van der Waals surface area (Å²) in [4.78, 5) is 0. The monoisotopic (exact) mass is 269 g/mol. The lowest BCUT2D eigenvalue weighted by molar-refractivity contribution is 0.627. The second-order valence-electron chi connectivity index (χ2n) is 3.58. The second-order valence-corrected chi connectivity index (χ2v) is 4.40. The molecule has 0 aromatic heterocycles. The van der Waals surface area contributed by atoms with E-state index in [0.29, 0.717) is 11.6 Å². The Morgan fingerprint density at radius 1 is 1.00 bits per heavy atom. The predicted molar refractivity (Wildman–Crippen MR) is 70.2 cm³/mol. The first-order valence-electron chi connectivity index (χ1n) is 5.09. The molecular weight excluding hydrogens is 260 g/mol. The van der Waals surface area contributed by atoms with Crippen LogP contribution in [0.3, 0.4) is 0 Å². The van der Waals surface area contributed by atoms with Crippen molar-refractivity contribution < 1.29 is 4.39 Å². The molecule has 0 saturated carbocycles. The third-order valence-electron chi connectivity index (χ3n) is 2.34. The quantitative estimate of drug-likeness (QED) is 0.849. The highest BCUT2D eigenvalue weighted by Crippen LogP contribution is 2.22. The van der Waals surface area contributed by atoms with Gasteiger partial charge in [0.15, 0.2) is 0 Å². The third-order valence-corrected chi connectivity index (χ3v) is 2.96. The normalized spacial score (nSPS) is 10.3. The van der Waals surface area contributed by atoms with Crippen molar-refractivity contribution in [2.75, 3.05) is 5.32 Å². The zero-order valence-electron chi connectivity index (χ0n) is 8.88. The molecule has 88 valence electrons. The van der Waals surface area contributed by atoms with Crippen molar-refractivity contribution in [3.8, 4) is 0 Å². The summed E-state index contributed by atoms with van der Waals surface area (Å²) in [5.41, 5.74) is 1.74. The zero-order valence-corrected chi connectivity index (χ0v) is 10.4. The number of benzene rings is 2. The molecule has 1 N–H and O–H groups in total. The van der Waals surface area contributed by atoms with E-state index in [1.165, 1.54) is 6.07 Å². The SMILES string of the molecule is Fc1ccc(CNc2ccccc2Cl)cc1Cl. The molecule has 0 atom stereocenters. The molecule has 1 nitrogen and oxygen atoms in total. The topological polar surface area (TPSA) is 12.0 Å².